The van der Waals surface area contributed by atoms with Gasteiger partial charge in [-0.05, 0) is 12.8 Å². The lowest BCUT2D eigenvalue weighted by atomic mass is 10.1. The van der Waals surface area contributed by atoms with E-state index in [0.717, 1.165) is 39.1 Å². The lowest BCUT2D eigenvalue weighted by molar-refractivity contribution is -0.141. The summed E-state index contributed by atoms with van der Waals surface area (Å²) in [7, 11) is 3.12. The van der Waals surface area contributed by atoms with Crippen LogP contribution in [-0.4, -0.2) is 64.0 Å². The first-order chi connectivity index (χ1) is 8.27. The Balaban J connectivity index is 2.37. The van der Waals surface area contributed by atoms with Crippen molar-refractivity contribution in [3.63, 3.8) is 0 Å². The van der Waals surface area contributed by atoms with E-state index in [4.69, 9.17) is 9.47 Å². The molecule has 0 spiro atoms. The highest BCUT2D eigenvalue weighted by molar-refractivity contribution is 5.69. The zero-order chi connectivity index (χ0) is 12.5. The van der Waals surface area contributed by atoms with Crippen LogP contribution in [0.3, 0.4) is 0 Å². The molecule has 0 atom stereocenters. The van der Waals surface area contributed by atoms with Gasteiger partial charge in [0, 0.05) is 39.5 Å². The van der Waals surface area contributed by atoms with Crippen molar-refractivity contribution in [2.75, 3.05) is 47.1 Å². The Morgan fingerprint density at radius 3 is 2.59 bits per heavy atom. The first kappa shape index (κ1) is 14.4. The van der Waals surface area contributed by atoms with Gasteiger partial charge < -0.3 is 14.2 Å². The highest BCUT2D eigenvalue weighted by atomic mass is 16.5. The molecule has 100 valence electrons. The van der Waals surface area contributed by atoms with Gasteiger partial charge in [-0.2, -0.15) is 0 Å². The van der Waals surface area contributed by atoms with E-state index >= 15 is 0 Å². The third-order valence-electron chi connectivity index (χ3n) is 3.12. The topological polar surface area (TPSA) is 48.0 Å². The van der Waals surface area contributed by atoms with Gasteiger partial charge in [-0.25, -0.2) is 0 Å². The number of hydrogen-bond acceptors (Lipinski definition) is 5. The lowest BCUT2D eigenvalue weighted by Crippen LogP contribution is -2.42. The summed E-state index contributed by atoms with van der Waals surface area (Å²) in [6, 6.07) is 0.503. The molecular formula is C12H23NO4. The molecule has 1 aliphatic rings. The number of esters is 1. The molecule has 1 heterocycles. The molecule has 0 radical (unpaired) electrons. The van der Waals surface area contributed by atoms with E-state index in [-0.39, 0.29) is 5.97 Å². The second kappa shape index (κ2) is 8.44. The summed E-state index contributed by atoms with van der Waals surface area (Å²) in [5, 5.41) is 0. The van der Waals surface area contributed by atoms with Crippen LogP contribution in [0, 0.1) is 0 Å². The van der Waals surface area contributed by atoms with Crippen molar-refractivity contribution in [1.29, 1.82) is 0 Å². The van der Waals surface area contributed by atoms with Gasteiger partial charge in [-0.1, -0.05) is 0 Å². The highest BCUT2D eigenvalue weighted by Crippen LogP contribution is 2.14. The predicted molar refractivity (Wildman–Crippen MR) is 63.9 cm³/mol. The second-order valence-electron chi connectivity index (χ2n) is 4.20. The molecule has 17 heavy (non-hydrogen) atoms. The van der Waals surface area contributed by atoms with Crippen molar-refractivity contribution in [1.82, 2.24) is 4.90 Å². The Morgan fingerprint density at radius 1 is 1.29 bits per heavy atom. The van der Waals surface area contributed by atoms with Crippen LogP contribution in [0.15, 0.2) is 0 Å². The van der Waals surface area contributed by atoms with Crippen LogP contribution in [0.5, 0.6) is 0 Å². The molecule has 1 saturated heterocycles. The summed E-state index contributed by atoms with van der Waals surface area (Å²) >= 11 is 0. The summed E-state index contributed by atoms with van der Waals surface area (Å²) in [6.45, 7) is 3.91. The molecule has 1 rings (SSSR count). The molecule has 0 bridgehead atoms. The molecule has 5 heteroatoms. The molecule has 0 unspecified atom stereocenters. The number of carbonyl (C=O) groups is 1. The standard InChI is InChI=1S/C12H23NO4/c1-15-10-7-13(6-3-12(14)16-2)11-4-8-17-9-5-11/h11H,3-10H2,1-2H3. The van der Waals surface area contributed by atoms with E-state index in [9.17, 15) is 4.79 Å². The van der Waals surface area contributed by atoms with Crippen molar-refractivity contribution in [3.8, 4) is 0 Å². The maximum absolute atomic E-state index is 11.2. The number of hydrogen-bond donors (Lipinski definition) is 0. The SMILES string of the molecule is COCCN(CCC(=O)OC)C1CCOCC1. The molecule has 0 aromatic carbocycles. The fourth-order valence-corrected chi connectivity index (χ4v) is 2.07. The fourth-order valence-electron chi connectivity index (χ4n) is 2.07. The van der Waals surface area contributed by atoms with Crippen molar-refractivity contribution >= 4 is 5.97 Å². The third-order valence-corrected chi connectivity index (χ3v) is 3.12. The van der Waals surface area contributed by atoms with Gasteiger partial charge in [0.05, 0.1) is 20.1 Å². The van der Waals surface area contributed by atoms with E-state index in [1.54, 1.807) is 7.11 Å². The Morgan fingerprint density at radius 2 is 2.00 bits per heavy atom. The third kappa shape index (κ3) is 5.48. The number of rotatable bonds is 7. The van der Waals surface area contributed by atoms with E-state index in [2.05, 4.69) is 9.64 Å². The smallest absolute Gasteiger partial charge is 0.306 e. The van der Waals surface area contributed by atoms with E-state index in [1.165, 1.54) is 7.11 Å². The van der Waals surface area contributed by atoms with Crippen LogP contribution < -0.4 is 0 Å². The Kier molecular flexibility index (Phi) is 7.16. The van der Waals surface area contributed by atoms with Crippen LogP contribution in [0.2, 0.25) is 0 Å². The Labute approximate surface area is 103 Å². The molecule has 0 amide bonds. The summed E-state index contributed by atoms with van der Waals surface area (Å²) in [5.74, 6) is -0.153. The minimum absolute atomic E-state index is 0.153. The number of nitrogens with zero attached hydrogens (tertiary/aromatic N) is 1. The Bertz CT molecular complexity index is 217. The lowest BCUT2D eigenvalue weighted by Gasteiger charge is -2.33. The van der Waals surface area contributed by atoms with Gasteiger partial charge in [0.2, 0.25) is 0 Å². The van der Waals surface area contributed by atoms with E-state index in [0.29, 0.717) is 19.1 Å². The molecule has 0 aliphatic carbocycles. The van der Waals surface area contributed by atoms with Crippen LogP contribution in [0.25, 0.3) is 0 Å². The van der Waals surface area contributed by atoms with Crippen molar-refractivity contribution in [2.45, 2.75) is 25.3 Å². The first-order valence-corrected chi connectivity index (χ1v) is 6.15. The fraction of sp³-hybridized carbons (Fsp3) is 0.917. The molecule has 0 N–H and O–H groups in total. The van der Waals surface area contributed by atoms with Gasteiger partial charge in [0.25, 0.3) is 0 Å². The molecule has 0 saturated carbocycles. The van der Waals surface area contributed by atoms with Crippen LogP contribution in [0.1, 0.15) is 19.3 Å². The van der Waals surface area contributed by atoms with Gasteiger partial charge in [0.15, 0.2) is 0 Å². The zero-order valence-electron chi connectivity index (χ0n) is 10.8. The average Bonchev–Trinajstić information content (AvgIpc) is 2.39. The van der Waals surface area contributed by atoms with Crippen LogP contribution in [0.4, 0.5) is 0 Å². The monoisotopic (exact) mass is 245 g/mol. The van der Waals surface area contributed by atoms with Crippen molar-refractivity contribution in [3.05, 3.63) is 0 Å². The van der Waals surface area contributed by atoms with Gasteiger partial charge >= 0.3 is 5.97 Å². The van der Waals surface area contributed by atoms with Crippen molar-refractivity contribution in [2.24, 2.45) is 0 Å². The van der Waals surface area contributed by atoms with Gasteiger partial charge in [-0.3, -0.25) is 9.69 Å². The number of methoxy groups -OCH3 is 2. The normalized spacial score (nSPS) is 17.4. The number of ether oxygens (including phenoxy) is 3. The number of carbonyl (C=O) groups excluding carboxylic acids is 1. The van der Waals surface area contributed by atoms with E-state index < -0.39 is 0 Å². The highest BCUT2D eigenvalue weighted by Gasteiger charge is 2.21. The molecular weight excluding hydrogens is 222 g/mol. The molecule has 1 aliphatic heterocycles. The minimum Gasteiger partial charge on any atom is -0.469 e. The largest absolute Gasteiger partial charge is 0.469 e. The first-order valence-electron chi connectivity index (χ1n) is 6.15. The second-order valence-corrected chi connectivity index (χ2v) is 4.20. The minimum atomic E-state index is -0.153. The predicted octanol–water partition coefficient (Wildman–Crippen LogP) is 0.677. The maximum Gasteiger partial charge on any atom is 0.306 e. The van der Waals surface area contributed by atoms with Gasteiger partial charge in [0.1, 0.15) is 0 Å². The summed E-state index contributed by atoms with van der Waals surface area (Å²) in [4.78, 5) is 13.5. The molecule has 1 fully saturated rings. The average molecular weight is 245 g/mol. The summed E-state index contributed by atoms with van der Waals surface area (Å²) in [5.41, 5.74) is 0. The zero-order valence-corrected chi connectivity index (χ0v) is 10.8. The molecule has 0 aromatic heterocycles. The van der Waals surface area contributed by atoms with Gasteiger partial charge in [-0.15, -0.1) is 0 Å². The molecule has 5 nitrogen and oxygen atoms in total. The summed E-state index contributed by atoms with van der Waals surface area (Å²) in [6.07, 6.45) is 2.51. The quantitative estimate of drug-likeness (QED) is 0.617. The summed E-state index contributed by atoms with van der Waals surface area (Å²) < 4.78 is 15.1. The maximum atomic E-state index is 11.2. The van der Waals surface area contributed by atoms with Crippen LogP contribution >= 0.6 is 0 Å². The van der Waals surface area contributed by atoms with Crippen LogP contribution in [-0.2, 0) is 19.0 Å². The Hall–Kier alpha value is -0.650. The van der Waals surface area contributed by atoms with E-state index in [1.807, 2.05) is 0 Å². The van der Waals surface area contributed by atoms with Crippen molar-refractivity contribution < 1.29 is 19.0 Å². The molecule has 0 aromatic rings.